The van der Waals surface area contributed by atoms with Crippen LogP contribution in [0, 0.1) is 13.8 Å². The average Bonchev–Trinajstić information content (AvgIpc) is 2.99. The maximum atomic E-state index is 12.5. The zero-order valence-corrected chi connectivity index (χ0v) is 13.1. The van der Waals surface area contributed by atoms with E-state index >= 15 is 0 Å². The van der Waals surface area contributed by atoms with Gasteiger partial charge in [-0.15, -0.1) is 10.2 Å². The molecule has 2 aromatic heterocycles. The number of nitrogens with zero attached hydrogens (tertiary/aromatic N) is 3. The Labute approximate surface area is 123 Å². The molecule has 0 spiro atoms. The molecule has 0 aliphatic carbocycles. The predicted octanol–water partition coefficient (Wildman–Crippen LogP) is 0.445. The van der Waals surface area contributed by atoms with Crippen LogP contribution in [0.5, 0.6) is 0 Å². The minimum Gasteiger partial charge on any atom is -0.465 e. The van der Waals surface area contributed by atoms with Crippen molar-refractivity contribution < 1.29 is 12.8 Å². The van der Waals surface area contributed by atoms with Crippen LogP contribution in [0.15, 0.2) is 15.6 Å². The van der Waals surface area contributed by atoms with E-state index in [1.54, 1.807) is 24.7 Å². The van der Waals surface area contributed by atoms with Gasteiger partial charge >= 0.3 is 0 Å². The van der Waals surface area contributed by atoms with Gasteiger partial charge in [0.05, 0.1) is 6.54 Å². The molecule has 8 nitrogen and oxygen atoms in total. The fourth-order valence-corrected chi connectivity index (χ4v) is 3.64. The van der Waals surface area contributed by atoms with Gasteiger partial charge in [-0.05, 0) is 20.8 Å². The first-order valence-electron chi connectivity index (χ1n) is 6.56. The summed E-state index contributed by atoms with van der Waals surface area (Å²) < 4.78 is 34.6. The molecular weight excluding hydrogens is 294 g/mol. The lowest BCUT2D eigenvalue weighted by Gasteiger charge is -2.08. The summed E-state index contributed by atoms with van der Waals surface area (Å²) in [4.78, 5) is 0.116. The summed E-state index contributed by atoms with van der Waals surface area (Å²) in [7, 11) is -3.72. The molecule has 0 fully saturated rings. The molecule has 116 valence electrons. The Morgan fingerprint density at radius 3 is 2.71 bits per heavy atom. The highest BCUT2D eigenvalue weighted by atomic mass is 32.2. The first kappa shape index (κ1) is 15.7. The molecule has 0 radical (unpaired) electrons. The standard InChI is InChI=1S/C12H19N5O3S/c1-4-17-7-14-16-11(17)6-15-21(18,19)12-9(3)20-8(2)10(12)5-13/h7,15H,4-6,13H2,1-3H3. The zero-order chi connectivity index (χ0) is 15.6. The molecule has 0 saturated heterocycles. The van der Waals surface area contributed by atoms with E-state index in [0.29, 0.717) is 29.5 Å². The van der Waals surface area contributed by atoms with E-state index in [1.807, 2.05) is 6.92 Å². The largest absolute Gasteiger partial charge is 0.465 e. The third kappa shape index (κ3) is 2.99. The van der Waals surface area contributed by atoms with Crippen LogP contribution in [0.3, 0.4) is 0 Å². The van der Waals surface area contributed by atoms with Crippen LogP contribution in [-0.2, 0) is 29.7 Å². The Morgan fingerprint density at radius 1 is 1.38 bits per heavy atom. The smallest absolute Gasteiger partial charge is 0.244 e. The number of aromatic nitrogens is 3. The van der Waals surface area contributed by atoms with E-state index < -0.39 is 10.0 Å². The quantitative estimate of drug-likeness (QED) is 0.799. The molecule has 3 N–H and O–H groups in total. The Hall–Kier alpha value is -1.71. The normalized spacial score (nSPS) is 12.0. The Balaban J connectivity index is 2.27. The molecule has 2 rings (SSSR count). The fourth-order valence-electron chi connectivity index (χ4n) is 2.21. The van der Waals surface area contributed by atoms with Crippen LogP contribution < -0.4 is 10.5 Å². The molecule has 2 heterocycles. The van der Waals surface area contributed by atoms with E-state index in [4.69, 9.17) is 10.2 Å². The topological polar surface area (TPSA) is 116 Å². The van der Waals surface area contributed by atoms with Crippen LogP contribution in [-0.4, -0.2) is 23.2 Å². The number of nitrogens with one attached hydrogen (secondary N) is 1. The minimum atomic E-state index is -3.72. The molecule has 0 atom stereocenters. The Bertz CT molecular complexity index is 732. The van der Waals surface area contributed by atoms with Crippen molar-refractivity contribution in [2.24, 2.45) is 5.73 Å². The van der Waals surface area contributed by atoms with Crippen LogP contribution in [0.4, 0.5) is 0 Å². The second-order valence-electron chi connectivity index (χ2n) is 4.58. The second kappa shape index (κ2) is 5.96. The van der Waals surface area contributed by atoms with Crippen molar-refractivity contribution in [2.45, 2.75) is 45.3 Å². The Morgan fingerprint density at radius 2 is 2.10 bits per heavy atom. The van der Waals surface area contributed by atoms with Gasteiger partial charge in [0.1, 0.15) is 28.6 Å². The molecule has 0 aromatic carbocycles. The van der Waals surface area contributed by atoms with Crippen molar-refractivity contribution in [3.63, 3.8) is 0 Å². The van der Waals surface area contributed by atoms with Crippen molar-refractivity contribution in [1.29, 1.82) is 0 Å². The molecule has 21 heavy (non-hydrogen) atoms. The van der Waals surface area contributed by atoms with E-state index in [2.05, 4.69) is 14.9 Å². The zero-order valence-electron chi connectivity index (χ0n) is 12.3. The SMILES string of the molecule is CCn1cnnc1CNS(=O)(=O)c1c(C)oc(C)c1CN. The van der Waals surface area contributed by atoms with E-state index in [0.717, 1.165) is 0 Å². The first-order valence-corrected chi connectivity index (χ1v) is 8.04. The first-order chi connectivity index (χ1) is 9.90. The van der Waals surface area contributed by atoms with E-state index in [1.165, 1.54) is 0 Å². The van der Waals surface area contributed by atoms with E-state index in [-0.39, 0.29) is 18.0 Å². The summed E-state index contributed by atoms with van der Waals surface area (Å²) in [5, 5.41) is 7.65. The summed E-state index contributed by atoms with van der Waals surface area (Å²) in [6.45, 7) is 6.06. The van der Waals surface area contributed by atoms with Crippen LogP contribution in [0.25, 0.3) is 0 Å². The summed E-state index contributed by atoms with van der Waals surface area (Å²) in [6.07, 6.45) is 1.56. The van der Waals surface area contributed by atoms with Gasteiger partial charge in [-0.25, -0.2) is 13.1 Å². The third-order valence-corrected chi connectivity index (χ3v) is 4.85. The molecule has 0 unspecified atom stereocenters. The number of hydrogen-bond acceptors (Lipinski definition) is 6. The van der Waals surface area contributed by atoms with Gasteiger partial charge < -0.3 is 14.7 Å². The summed E-state index contributed by atoms with van der Waals surface area (Å²) in [5.41, 5.74) is 6.12. The van der Waals surface area contributed by atoms with Gasteiger partial charge in [0.2, 0.25) is 10.0 Å². The molecule has 9 heteroatoms. The molecule has 0 aliphatic heterocycles. The average molecular weight is 313 g/mol. The highest BCUT2D eigenvalue weighted by molar-refractivity contribution is 7.89. The molecule has 2 aromatic rings. The molecular formula is C12H19N5O3S. The highest BCUT2D eigenvalue weighted by Crippen LogP contribution is 2.26. The summed E-state index contributed by atoms with van der Waals surface area (Å²) in [5.74, 6) is 1.40. The van der Waals surface area contributed by atoms with Crippen molar-refractivity contribution in [3.8, 4) is 0 Å². The van der Waals surface area contributed by atoms with Crippen LogP contribution >= 0.6 is 0 Å². The van der Waals surface area contributed by atoms with Crippen molar-refractivity contribution in [3.05, 3.63) is 29.2 Å². The maximum absolute atomic E-state index is 12.5. The van der Waals surface area contributed by atoms with Gasteiger partial charge in [0.15, 0.2) is 0 Å². The lowest BCUT2D eigenvalue weighted by atomic mass is 10.2. The number of aryl methyl sites for hydroxylation is 3. The van der Waals surface area contributed by atoms with Gasteiger partial charge in [0, 0.05) is 18.7 Å². The molecule has 0 aliphatic rings. The number of rotatable bonds is 6. The van der Waals surface area contributed by atoms with Gasteiger partial charge in [-0.1, -0.05) is 0 Å². The highest BCUT2D eigenvalue weighted by Gasteiger charge is 2.26. The number of sulfonamides is 1. The van der Waals surface area contributed by atoms with Crippen LogP contribution in [0.1, 0.15) is 29.8 Å². The van der Waals surface area contributed by atoms with Gasteiger partial charge in [-0.2, -0.15) is 0 Å². The number of furan rings is 1. The molecule has 0 saturated carbocycles. The summed E-state index contributed by atoms with van der Waals surface area (Å²) >= 11 is 0. The minimum absolute atomic E-state index is 0.0594. The van der Waals surface area contributed by atoms with Crippen molar-refractivity contribution >= 4 is 10.0 Å². The predicted molar refractivity (Wildman–Crippen MR) is 75.8 cm³/mol. The Kier molecular flexibility index (Phi) is 4.45. The monoisotopic (exact) mass is 313 g/mol. The summed E-state index contributed by atoms with van der Waals surface area (Å²) in [6, 6.07) is 0. The van der Waals surface area contributed by atoms with Crippen molar-refractivity contribution in [1.82, 2.24) is 19.5 Å². The van der Waals surface area contributed by atoms with Crippen molar-refractivity contribution in [2.75, 3.05) is 0 Å². The van der Waals surface area contributed by atoms with Gasteiger partial charge in [0.25, 0.3) is 0 Å². The molecule has 0 amide bonds. The second-order valence-corrected chi connectivity index (χ2v) is 6.29. The van der Waals surface area contributed by atoms with E-state index in [9.17, 15) is 8.42 Å². The third-order valence-electron chi connectivity index (χ3n) is 3.25. The maximum Gasteiger partial charge on any atom is 0.244 e. The lowest BCUT2D eigenvalue weighted by Crippen LogP contribution is -2.26. The van der Waals surface area contributed by atoms with Gasteiger partial charge in [-0.3, -0.25) is 0 Å². The molecule has 0 bridgehead atoms. The van der Waals surface area contributed by atoms with Crippen LogP contribution in [0.2, 0.25) is 0 Å². The fraction of sp³-hybridized carbons (Fsp3) is 0.500. The number of nitrogens with two attached hydrogens (primary N) is 1. The number of hydrogen-bond donors (Lipinski definition) is 2. The lowest BCUT2D eigenvalue weighted by molar-refractivity contribution is 0.494.